The third kappa shape index (κ3) is 24.1. The van der Waals surface area contributed by atoms with E-state index in [1.165, 1.54) is 48.2 Å². The molecule has 24 nitrogen and oxygen atoms in total. The SMILES string of the molecule is CC[C@H](C)[C@@H]([C@@H](CC(=O)N1CCC[C@H]1[C@H](OC)[C@@H](C)C(=O)N[C@@H](Cc1ccccc1)c1nccs1)OC)N(C)C(=O)[C@@H](NC(=O)[C@H](C(C)C)N(C)C(=O)OCc1ccc(NC(=O)[C@H](CCCNC(N)=O)CC(=O)[C@@H](NC(=O)CCCCCC2C(=O)C=C(SC)C2=O)C(C)C)cc1)C(C)C. The molecule has 99 heavy (non-hydrogen) atoms. The molecule has 0 bridgehead atoms. The maximum Gasteiger partial charge on any atom is 0.410 e. The van der Waals surface area contributed by atoms with Crippen LogP contribution in [-0.2, 0) is 70.4 Å². The molecule has 1 fully saturated rings. The largest absolute Gasteiger partial charge is 0.445 e. The number of nitrogens with two attached hydrogens (primary N) is 1. The highest BCUT2D eigenvalue weighted by atomic mass is 32.2. The minimum Gasteiger partial charge on any atom is -0.445 e. The van der Waals surface area contributed by atoms with Crippen LogP contribution in [0.5, 0.6) is 0 Å². The number of methoxy groups -OCH3 is 2. The predicted octanol–water partition coefficient (Wildman–Crippen LogP) is 8.97. The van der Waals surface area contributed by atoms with Gasteiger partial charge in [0, 0.05) is 77.4 Å². The number of likely N-dealkylation sites (tertiary alicyclic amines) is 1. The van der Waals surface area contributed by atoms with E-state index in [4.69, 9.17) is 19.9 Å². The monoisotopic (exact) mass is 1410 g/mol. The van der Waals surface area contributed by atoms with Crippen LogP contribution in [0.2, 0.25) is 0 Å². The van der Waals surface area contributed by atoms with Crippen LogP contribution in [0.1, 0.15) is 162 Å². The number of thioether (sulfide) groups is 1. The zero-order valence-corrected chi connectivity index (χ0v) is 61.9. The normalized spacial score (nSPS) is 17.7. The number of carbonyl (C=O) groups is 11. The number of urea groups is 1. The Morgan fingerprint density at radius 3 is 2.05 bits per heavy atom. The molecule has 2 heterocycles. The third-order valence-corrected chi connectivity index (χ3v) is 20.6. The molecule has 2 aromatic carbocycles. The number of primary amides is 1. The second-order valence-corrected chi connectivity index (χ2v) is 29.0. The van der Waals surface area contributed by atoms with Gasteiger partial charge in [-0.05, 0) is 104 Å². The molecule has 3 aromatic rings. The molecule has 7 N–H and O–H groups in total. The Kier molecular flexibility index (Phi) is 33.7. The van der Waals surface area contributed by atoms with Crippen LogP contribution < -0.4 is 32.3 Å². The Bertz CT molecular complexity index is 3210. The van der Waals surface area contributed by atoms with Gasteiger partial charge < -0.3 is 56.3 Å². The summed E-state index contributed by atoms with van der Waals surface area (Å²) in [6.45, 7) is 17.0. The zero-order chi connectivity index (χ0) is 73.2. The van der Waals surface area contributed by atoms with E-state index in [1.807, 2.05) is 70.3 Å². The lowest BCUT2D eigenvalue weighted by Crippen LogP contribution is -2.60. The van der Waals surface area contributed by atoms with E-state index >= 15 is 0 Å². The van der Waals surface area contributed by atoms with Gasteiger partial charge >= 0.3 is 12.1 Å². The van der Waals surface area contributed by atoms with Crippen LogP contribution in [0.3, 0.4) is 0 Å². The van der Waals surface area contributed by atoms with E-state index in [1.54, 1.807) is 88.4 Å². The lowest BCUT2D eigenvalue weighted by molar-refractivity contribution is -0.148. The predicted molar refractivity (Wildman–Crippen MR) is 383 cm³/mol. The quantitative estimate of drug-likeness (QED) is 0.0228. The molecule has 12 atom stereocenters. The number of nitrogens with zero attached hydrogens (tertiary/aromatic N) is 4. The second-order valence-electron chi connectivity index (χ2n) is 27.2. The summed E-state index contributed by atoms with van der Waals surface area (Å²) in [5.41, 5.74) is 7.26. The van der Waals surface area contributed by atoms with Crippen molar-refractivity contribution >= 4 is 93.7 Å². The van der Waals surface area contributed by atoms with Gasteiger partial charge in [0.15, 0.2) is 17.3 Å². The number of rotatable bonds is 41. The number of aromatic nitrogens is 1. The highest BCUT2D eigenvalue weighted by Crippen LogP contribution is 2.33. The van der Waals surface area contributed by atoms with Crippen LogP contribution in [0.15, 0.2) is 77.2 Å². The number of Topliss-reactive ketones (excluding diaryl/α,β-unsaturated/α-hetero) is 2. The fourth-order valence-electron chi connectivity index (χ4n) is 13.2. The Labute approximate surface area is 592 Å². The van der Waals surface area contributed by atoms with Gasteiger partial charge in [0.05, 0.1) is 59.5 Å². The fraction of sp³-hybridized carbons (Fsp3) is 0.616. The highest BCUT2D eigenvalue weighted by molar-refractivity contribution is 8.03. The van der Waals surface area contributed by atoms with E-state index < -0.39 is 102 Å². The van der Waals surface area contributed by atoms with Crippen LogP contribution in [0.25, 0.3) is 0 Å². The molecule has 1 aliphatic carbocycles. The Balaban J connectivity index is 1.17. The topological polar surface area (TPSA) is 324 Å². The summed E-state index contributed by atoms with van der Waals surface area (Å²) >= 11 is 2.73. The fourth-order valence-corrected chi connectivity index (χ4v) is 14.5. The standard InChI is InChI=1S/C73H108N10O14S2/c1-15-46(8)64(57(95-12)41-60(87)83-36-23-28-54(83)66(96-13)47(9)67(89)78-53(70-75-35-37-99-70)38-48-24-18-16-19-25-48)81(10)71(92)62(44(4)5)80-69(91)63(45(6)7)82(11)73(94)97-42-49-30-32-51(33-31-49)77-68(90)50(26-22-34-76-72(74)93)39-56(85)61(43(2)3)79-59(86)29-21-17-20-27-52-55(84)40-58(98-14)65(52)88/h16,18-19,24-25,30-33,35,37,40,43-47,50,52-54,57,61-64,66H,15,17,20-23,26-29,34,36,38-39,41-42H2,1-14H3,(H,77,90)(H,78,89)(H,79,86)(H,80,91)(H3,74,76,93)/t46-,47+,50+,52?,53-,54-,57+,61-,62-,63-,64-,66+/m0/s1. The second kappa shape index (κ2) is 40.6. The molecular weight excluding hydrogens is 1300 g/mol. The summed E-state index contributed by atoms with van der Waals surface area (Å²) in [5.74, 6) is -6.41. The first kappa shape index (κ1) is 82.1. The summed E-state index contributed by atoms with van der Waals surface area (Å²) < 4.78 is 17.9. The maximum absolute atomic E-state index is 14.9. The van der Waals surface area contributed by atoms with E-state index in [9.17, 15) is 52.7 Å². The number of thiazole rings is 1. The van der Waals surface area contributed by atoms with Gasteiger partial charge in [0.2, 0.25) is 35.4 Å². The average Bonchev–Trinajstić information content (AvgIpc) is 1.58. The average molecular weight is 1410 g/mol. The molecule has 1 aromatic heterocycles. The van der Waals surface area contributed by atoms with Gasteiger partial charge in [0.25, 0.3) is 0 Å². The van der Waals surface area contributed by atoms with E-state index in [-0.39, 0.29) is 91.8 Å². The summed E-state index contributed by atoms with van der Waals surface area (Å²) in [6, 6.07) is 11.3. The summed E-state index contributed by atoms with van der Waals surface area (Å²) in [5, 5.41) is 17.1. The molecule has 26 heteroatoms. The van der Waals surface area contributed by atoms with E-state index in [0.717, 1.165) is 10.6 Å². The number of ether oxygens (including phenoxy) is 3. The molecule has 9 amide bonds. The van der Waals surface area contributed by atoms with Crippen molar-refractivity contribution in [3.63, 3.8) is 0 Å². The molecule has 546 valence electrons. The number of likely N-dealkylation sites (N-methyl/N-ethyl adjacent to an activating group) is 2. The number of anilines is 1. The Morgan fingerprint density at radius 2 is 1.46 bits per heavy atom. The van der Waals surface area contributed by atoms with Crippen molar-refractivity contribution in [3.8, 4) is 0 Å². The molecule has 0 saturated carbocycles. The number of unbranched alkanes of at least 4 members (excludes halogenated alkanes) is 2. The van der Waals surface area contributed by atoms with Crippen LogP contribution in [0, 0.1) is 41.4 Å². The number of carbonyl (C=O) groups excluding carboxylic acids is 11. The molecular formula is C73H108N10O14S2. The van der Waals surface area contributed by atoms with Gasteiger partial charge in [-0.25, -0.2) is 14.6 Å². The number of amides is 9. The molecule has 2 aliphatic rings. The van der Waals surface area contributed by atoms with E-state index in [0.29, 0.717) is 80.5 Å². The van der Waals surface area contributed by atoms with Crippen molar-refractivity contribution < 1.29 is 67.0 Å². The number of ketones is 3. The van der Waals surface area contributed by atoms with Gasteiger partial charge in [-0.1, -0.05) is 124 Å². The van der Waals surface area contributed by atoms with Crippen molar-refractivity contribution in [3.05, 3.63) is 93.3 Å². The molecule has 1 unspecified atom stereocenters. The molecule has 1 aliphatic heterocycles. The van der Waals surface area contributed by atoms with Crippen LogP contribution in [0.4, 0.5) is 15.3 Å². The van der Waals surface area contributed by atoms with Crippen molar-refractivity contribution in [2.75, 3.05) is 53.0 Å². The molecule has 5 rings (SSSR count). The van der Waals surface area contributed by atoms with Crippen molar-refractivity contribution in [1.82, 2.24) is 41.0 Å². The molecule has 0 radical (unpaired) electrons. The Hall–Kier alpha value is -7.55. The lowest BCUT2D eigenvalue weighted by Gasteiger charge is -2.41. The molecule has 0 spiro atoms. The van der Waals surface area contributed by atoms with Gasteiger partial charge in [-0.15, -0.1) is 23.1 Å². The number of nitrogens with one attached hydrogen (secondary N) is 5. The van der Waals surface area contributed by atoms with Crippen molar-refractivity contribution in [2.24, 2.45) is 47.2 Å². The smallest absolute Gasteiger partial charge is 0.410 e. The minimum atomic E-state index is -1.08. The van der Waals surface area contributed by atoms with Gasteiger partial charge in [-0.3, -0.25) is 48.1 Å². The minimum absolute atomic E-state index is 0.0731. The number of hydrogen-bond donors (Lipinski definition) is 6. The van der Waals surface area contributed by atoms with Gasteiger partial charge in [0.1, 0.15) is 23.7 Å². The first-order chi connectivity index (χ1) is 47.1. The maximum atomic E-state index is 14.9. The first-order valence-electron chi connectivity index (χ1n) is 34.7. The number of allylic oxidation sites excluding steroid dienone is 2. The Morgan fingerprint density at radius 1 is 0.778 bits per heavy atom. The number of benzene rings is 2. The first-order valence-corrected chi connectivity index (χ1v) is 36.8. The zero-order valence-electron chi connectivity index (χ0n) is 60.3. The summed E-state index contributed by atoms with van der Waals surface area (Å²) in [6.07, 6.45) is 7.61. The van der Waals surface area contributed by atoms with Crippen LogP contribution >= 0.6 is 23.1 Å². The van der Waals surface area contributed by atoms with E-state index in [2.05, 4.69) is 31.6 Å². The third-order valence-electron chi connectivity index (χ3n) is 19.0. The molecule has 1 saturated heterocycles. The highest BCUT2D eigenvalue weighted by Gasteiger charge is 2.44. The van der Waals surface area contributed by atoms with Crippen molar-refractivity contribution in [2.45, 2.75) is 201 Å². The van der Waals surface area contributed by atoms with Gasteiger partial charge in [-0.2, -0.15) is 0 Å². The lowest BCUT2D eigenvalue weighted by atomic mass is 9.89. The summed E-state index contributed by atoms with van der Waals surface area (Å²) in [7, 11) is 6.18. The van der Waals surface area contributed by atoms with Crippen LogP contribution in [-0.4, -0.2) is 175 Å². The van der Waals surface area contributed by atoms with Crippen molar-refractivity contribution in [1.29, 1.82) is 0 Å². The number of hydrogen-bond acceptors (Lipinski definition) is 17. The summed E-state index contributed by atoms with van der Waals surface area (Å²) in [4.78, 5) is 159.